The molecule has 8 heteroatoms. The molecule has 1 aromatic heterocycles. The first-order valence-electron chi connectivity index (χ1n) is 4.77. The summed E-state index contributed by atoms with van der Waals surface area (Å²) in [4.78, 5) is 13.6. The number of tetrazole rings is 1. The molecular formula is C8H15N5O3. The summed E-state index contributed by atoms with van der Waals surface area (Å²) < 4.78 is 4.90. The van der Waals surface area contributed by atoms with Gasteiger partial charge in [-0.05, 0) is 5.21 Å². The smallest absolute Gasteiger partial charge is 0.317 e. The third-order valence-electron chi connectivity index (χ3n) is 1.89. The number of carboxylic acid groups (broad SMARTS) is 1. The normalized spacial score (nSPS) is 10.9. The minimum Gasteiger partial charge on any atom is -0.480 e. The van der Waals surface area contributed by atoms with Crippen LogP contribution in [-0.2, 0) is 23.1 Å². The second kappa shape index (κ2) is 6.13. The van der Waals surface area contributed by atoms with E-state index in [1.165, 1.54) is 4.80 Å². The van der Waals surface area contributed by atoms with Crippen LogP contribution < -0.4 is 0 Å². The molecule has 0 aliphatic heterocycles. The molecule has 0 aromatic carbocycles. The van der Waals surface area contributed by atoms with Gasteiger partial charge in [0.15, 0.2) is 5.82 Å². The molecule has 0 spiro atoms. The number of rotatable bonds is 7. The second-order valence-electron chi connectivity index (χ2n) is 3.29. The van der Waals surface area contributed by atoms with Gasteiger partial charge in [0, 0.05) is 13.7 Å². The first kappa shape index (κ1) is 12.5. The first-order valence-corrected chi connectivity index (χ1v) is 4.77. The molecule has 0 fully saturated rings. The number of carboxylic acids is 1. The lowest BCUT2D eigenvalue weighted by atomic mass is 10.4. The standard InChI is InChI=1S/C8H15N5O3/c1-12-10-7(9-11-12)5-13(3-4-16-2)6-8(14)15/h3-6H2,1-2H3,(H,14,15). The van der Waals surface area contributed by atoms with Crippen LogP contribution in [0.25, 0.3) is 0 Å². The predicted octanol–water partition coefficient (Wildman–Crippen LogP) is -1.26. The third-order valence-corrected chi connectivity index (χ3v) is 1.89. The Morgan fingerprint density at radius 3 is 2.88 bits per heavy atom. The average molecular weight is 229 g/mol. The maximum absolute atomic E-state index is 10.6. The van der Waals surface area contributed by atoms with Gasteiger partial charge in [-0.25, -0.2) is 0 Å². The molecule has 0 amide bonds. The van der Waals surface area contributed by atoms with Gasteiger partial charge in [-0.2, -0.15) is 4.80 Å². The van der Waals surface area contributed by atoms with Crippen molar-refractivity contribution in [3.05, 3.63) is 5.82 Å². The highest BCUT2D eigenvalue weighted by atomic mass is 16.5. The van der Waals surface area contributed by atoms with E-state index in [0.717, 1.165) is 0 Å². The van der Waals surface area contributed by atoms with Crippen molar-refractivity contribution in [2.24, 2.45) is 7.05 Å². The lowest BCUT2D eigenvalue weighted by Gasteiger charge is -2.17. The predicted molar refractivity (Wildman–Crippen MR) is 53.6 cm³/mol. The molecule has 1 rings (SSSR count). The average Bonchev–Trinajstić information content (AvgIpc) is 2.59. The largest absolute Gasteiger partial charge is 0.480 e. The van der Waals surface area contributed by atoms with E-state index in [2.05, 4.69) is 15.4 Å². The molecule has 0 aliphatic rings. The van der Waals surface area contributed by atoms with Gasteiger partial charge in [-0.1, -0.05) is 0 Å². The minimum atomic E-state index is -0.889. The van der Waals surface area contributed by atoms with Crippen molar-refractivity contribution in [3.63, 3.8) is 0 Å². The number of aliphatic carboxylic acids is 1. The molecule has 90 valence electrons. The number of hydrogen-bond acceptors (Lipinski definition) is 6. The molecule has 1 N–H and O–H groups in total. The van der Waals surface area contributed by atoms with Crippen LogP contribution in [0.1, 0.15) is 5.82 Å². The van der Waals surface area contributed by atoms with Crippen LogP contribution in [0.15, 0.2) is 0 Å². The van der Waals surface area contributed by atoms with Gasteiger partial charge in [0.1, 0.15) is 0 Å². The van der Waals surface area contributed by atoms with Crippen LogP contribution in [0.4, 0.5) is 0 Å². The van der Waals surface area contributed by atoms with Gasteiger partial charge >= 0.3 is 5.97 Å². The molecule has 0 atom stereocenters. The topological polar surface area (TPSA) is 93.4 Å². The number of aryl methyl sites for hydroxylation is 1. The Hall–Kier alpha value is -1.54. The SMILES string of the molecule is COCCN(CC(=O)O)Cc1nnn(C)n1. The summed E-state index contributed by atoms with van der Waals surface area (Å²) in [5.41, 5.74) is 0. The van der Waals surface area contributed by atoms with Crippen molar-refractivity contribution in [1.29, 1.82) is 0 Å². The number of aromatic nitrogens is 4. The molecule has 1 heterocycles. The van der Waals surface area contributed by atoms with Crippen molar-refractivity contribution in [2.45, 2.75) is 6.54 Å². The number of hydrogen-bond donors (Lipinski definition) is 1. The molecule has 0 radical (unpaired) electrons. The second-order valence-corrected chi connectivity index (χ2v) is 3.29. The molecule has 16 heavy (non-hydrogen) atoms. The Morgan fingerprint density at radius 1 is 1.62 bits per heavy atom. The lowest BCUT2D eigenvalue weighted by molar-refractivity contribution is -0.138. The highest BCUT2D eigenvalue weighted by Gasteiger charge is 2.12. The van der Waals surface area contributed by atoms with Gasteiger partial charge in [0.25, 0.3) is 0 Å². The Labute approximate surface area is 92.8 Å². The van der Waals surface area contributed by atoms with Crippen LogP contribution in [0.3, 0.4) is 0 Å². The van der Waals surface area contributed by atoms with E-state index in [1.807, 2.05) is 0 Å². The Kier molecular flexibility index (Phi) is 4.80. The number of carbonyl (C=O) groups is 1. The van der Waals surface area contributed by atoms with Crippen LogP contribution in [0.2, 0.25) is 0 Å². The van der Waals surface area contributed by atoms with E-state index in [-0.39, 0.29) is 6.54 Å². The molecule has 0 aliphatic carbocycles. The Bertz CT molecular complexity index is 340. The van der Waals surface area contributed by atoms with Crippen molar-refractivity contribution in [3.8, 4) is 0 Å². The molecule has 0 unspecified atom stereocenters. The van der Waals surface area contributed by atoms with Gasteiger partial charge < -0.3 is 9.84 Å². The molecule has 1 aromatic rings. The number of ether oxygens (including phenoxy) is 1. The maximum atomic E-state index is 10.6. The third kappa shape index (κ3) is 4.32. The summed E-state index contributed by atoms with van der Waals surface area (Å²) >= 11 is 0. The summed E-state index contributed by atoms with van der Waals surface area (Å²) in [5.74, 6) is -0.389. The summed E-state index contributed by atoms with van der Waals surface area (Å²) in [6.45, 7) is 1.26. The van der Waals surface area contributed by atoms with Crippen LogP contribution in [-0.4, -0.2) is 63.0 Å². The van der Waals surface area contributed by atoms with Gasteiger partial charge in [-0.3, -0.25) is 9.69 Å². The first-order chi connectivity index (χ1) is 7.61. The molecule has 0 bridgehead atoms. The molecule has 0 saturated heterocycles. The quantitative estimate of drug-likeness (QED) is 0.623. The van der Waals surface area contributed by atoms with E-state index in [4.69, 9.17) is 9.84 Å². The van der Waals surface area contributed by atoms with Crippen molar-refractivity contribution >= 4 is 5.97 Å². The van der Waals surface area contributed by atoms with Crippen LogP contribution >= 0.6 is 0 Å². The fourth-order valence-corrected chi connectivity index (χ4v) is 1.21. The van der Waals surface area contributed by atoms with Crippen LogP contribution in [0, 0.1) is 0 Å². The van der Waals surface area contributed by atoms with E-state index in [1.54, 1.807) is 19.1 Å². The maximum Gasteiger partial charge on any atom is 0.317 e. The van der Waals surface area contributed by atoms with Crippen molar-refractivity contribution in [1.82, 2.24) is 25.1 Å². The van der Waals surface area contributed by atoms with Crippen molar-refractivity contribution in [2.75, 3.05) is 26.8 Å². The van der Waals surface area contributed by atoms with E-state index < -0.39 is 5.97 Å². The number of methoxy groups -OCH3 is 1. The monoisotopic (exact) mass is 229 g/mol. The summed E-state index contributed by atoms with van der Waals surface area (Å²) in [6.07, 6.45) is 0. The Balaban J connectivity index is 2.51. The summed E-state index contributed by atoms with van der Waals surface area (Å²) in [6, 6.07) is 0. The molecular weight excluding hydrogens is 214 g/mol. The number of nitrogens with zero attached hydrogens (tertiary/aromatic N) is 5. The molecule has 8 nitrogen and oxygen atoms in total. The Morgan fingerprint density at radius 2 is 2.38 bits per heavy atom. The lowest BCUT2D eigenvalue weighted by Crippen LogP contribution is -2.32. The highest BCUT2D eigenvalue weighted by molar-refractivity contribution is 5.69. The van der Waals surface area contributed by atoms with E-state index in [9.17, 15) is 4.79 Å². The highest BCUT2D eigenvalue weighted by Crippen LogP contribution is 1.96. The zero-order valence-corrected chi connectivity index (χ0v) is 9.33. The fraction of sp³-hybridized carbons (Fsp3) is 0.750. The van der Waals surface area contributed by atoms with Gasteiger partial charge in [-0.15, -0.1) is 10.2 Å². The zero-order valence-electron chi connectivity index (χ0n) is 9.33. The fourth-order valence-electron chi connectivity index (χ4n) is 1.21. The van der Waals surface area contributed by atoms with Gasteiger partial charge in [0.2, 0.25) is 0 Å². The van der Waals surface area contributed by atoms with E-state index >= 15 is 0 Å². The van der Waals surface area contributed by atoms with Crippen molar-refractivity contribution < 1.29 is 14.6 Å². The summed E-state index contributed by atoms with van der Waals surface area (Å²) in [7, 11) is 3.23. The van der Waals surface area contributed by atoms with Gasteiger partial charge in [0.05, 0.1) is 26.7 Å². The molecule has 0 saturated carbocycles. The summed E-state index contributed by atoms with van der Waals surface area (Å²) in [5, 5.41) is 20.2. The minimum absolute atomic E-state index is 0.0678. The van der Waals surface area contributed by atoms with E-state index in [0.29, 0.717) is 25.5 Å². The van der Waals surface area contributed by atoms with Crippen LogP contribution in [0.5, 0.6) is 0 Å². The zero-order chi connectivity index (χ0) is 12.0.